The van der Waals surface area contributed by atoms with E-state index in [9.17, 15) is 4.39 Å². The van der Waals surface area contributed by atoms with Gasteiger partial charge in [0.25, 0.3) is 0 Å². The number of hydrogen-bond donors (Lipinski definition) is 1. The molecular formula is C15H12FN3O. The molecule has 0 aliphatic rings. The molecule has 0 bridgehead atoms. The first-order valence-corrected chi connectivity index (χ1v) is 5.87. The van der Waals surface area contributed by atoms with E-state index in [0.717, 1.165) is 5.56 Å². The summed E-state index contributed by atoms with van der Waals surface area (Å²) in [6.07, 6.45) is 1.50. The van der Waals surface area contributed by atoms with Gasteiger partial charge in [0.2, 0.25) is 0 Å². The van der Waals surface area contributed by atoms with Crippen LogP contribution in [0.1, 0.15) is 16.7 Å². The van der Waals surface area contributed by atoms with E-state index in [1.807, 2.05) is 12.1 Å². The largest absolute Gasteiger partial charge is 0.489 e. The fourth-order valence-electron chi connectivity index (χ4n) is 1.67. The van der Waals surface area contributed by atoms with E-state index in [4.69, 9.17) is 15.8 Å². The van der Waals surface area contributed by atoms with Crippen molar-refractivity contribution in [1.82, 2.24) is 0 Å². The van der Waals surface area contributed by atoms with Gasteiger partial charge in [-0.2, -0.15) is 10.4 Å². The lowest BCUT2D eigenvalue weighted by Gasteiger charge is -2.08. The zero-order valence-electron chi connectivity index (χ0n) is 10.6. The van der Waals surface area contributed by atoms with Crippen LogP contribution in [0.2, 0.25) is 0 Å². The van der Waals surface area contributed by atoms with Gasteiger partial charge in [0.1, 0.15) is 18.2 Å². The summed E-state index contributed by atoms with van der Waals surface area (Å²) in [5, 5.41) is 12.1. The maximum Gasteiger partial charge on any atom is 0.131 e. The summed E-state index contributed by atoms with van der Waals surface area (Å²) in [7, 11) is 0. The molecule has 0 spiro atoms. The number of nitrogens with zero attached hydrogens (tertiary/aromatic N) is 2. The predicted molar refractivity (Wildman–Crippen MR) is 73.7 cm³/mol. The maximum absolute atomic E-state index is 13.7. The zero-order valence-corrected chi connectivity index (χ0v) is 10.6. The molecule has 0 aliphatic heterocycles. The van der Waals surface area contributed by atoms with Crippen molar-refractivity contribution < 1.29 is 9.13 Å². The molecule has 2 rings (SSSR count). The van der Waals surface area contributed by atoms with Gasteiger partial charge in [-0.3, -0.25) is 0 Å². The Kier molecular flexibility index (Phi) is 4.30. The Balaban J connectivity index is 2.09. The Bertz CT molecular complexity index is 677. The number of hydrogen-bond acceptors (Lipinski definition) is 4. The molecule has 0 amide bonds. The van der Waals surface area contributed by atoms with Crippen molar-refractivity contribution in [2.45, 2.75) is 6.61 Å². The highest BCUT2D eigenvalue weighted by Gasteiger charge is 2.04. The van der Waals surface area contributed by atoms with E-state index in [0.29, 0.717) is 11.3 Å². The summed E-state index contributed by atoms with van der Waals surface area (Å²) in [5.41, 5.74) is 1.47. The number of benzene rings is 2. The van der Waals surface area contributed by atoms with Crippen molar-refractivity contribution in [3.8, 4) is 11.8 Å². The summed E-state index contributed by atoms with van der Waals surface area (Å²) < 4.78 is 19.2. The van der Waals surface area contributed by atoms with Crippen LogP contribution in [-0.2, 0) is 6.61 Å². The normalized spacial score (nSPS) is 10.4. The Morgan fingerprint density at radius 3 is 2.85 bits per heavy atom. The minimum atomic E-state index is -0.455. The molecule has 20 heavy (non-hydrogen) atoms. The van der Waals surface area contributed by atoms with Gasteiger partial charge in [-0.05, 0) is 29.8 Å². The van der Waals surface area contributed by atoms with Gasteiger partial charge in [-0.1, -0.05) is 18.2 Å². The molecular weight excluding hydrogens is 257 g/mol. The Morgan fingerprint density at radius 2 is 2.15 bits per heavy atom. The number of nitriles is 1. The topological polar surface area (TPSA) is 71.4 Å². The Hall–Kier alpha value is -2.87. The maximum atomic E-state index is 13.7. The molecule has 0 saturated heterocycles. The molecule has 0 unspecified atom stereocenters. The van der Waals surface area contributed by atoms with Crippen molar-refractivity contribution in [2.75, 3.05) is 0 Å². The predicted octanol–water partition coefficient (Wildman–Crippen LogP) is 2.57. The highest BCUT2D eigenvalue weighted by molar-refractivity contribution is 5.79. The van der Waals surface area contributed by atoms with Crippen LogP contribution in [0.15, 0.2) is 47.6 Å². The summed E-state index contributed by atoms with van der Waals surface area (Å²) in [4.78, 5) is 0. The molecule has 0 aliphatic carbocycles. The van der Waals surface area contributed by atoms with Gasteiger partial charge in [0.05, 0.1) is 17.8 Å². The molecule has 5 heteroatoms. The Labute approximate surface area is 115 Å². The molecule has 0 atom stereocenters. The van der Waals surface area contributed by atoms with Crippen LogP contribution in [0, 0.1) is 17.1 Å². The number of nitrogens with two attached hydrogens (primary N) is 1. The monoisotopic (exact) mass is 269 g/mol. The van der Waals surface area contributed by atoms with Crippen LogP contribution < -0.4 is 10.6 Å². The van der Waals surface area contributed by atoms with E-state index >= 15 is 0 Å². The first-order chi connectivity index (χ1) is 9.72. The van der Waals surface area contributed by atoms with E-state index in [2.05, 4.69) is 5.10 Å². The van der Waals surface area contributed by atoms with Crippen molar-refractivity contribution in [3.63, 3.8) is 0 Å². The number of rotatable bonds is 4. The van der Waals surface area contributed by atoms with Crippen molar-refractivity contribution in [3.05, 3.63) is 65.0 Å². The van der Waals surface area contributed by atoms with Crippen LogP contribution in [0.25, 0.3) is 0 Å². The van der Waals surface area contributed by atoms with Gasteiger partial charge in [0.15, 0.2) is 0 Å². The second-order valence-electron chi connectivity index (χ2n) is 4.06. The minimum absolute atomic E-state index is 0.0841. The molecule has 0 fully saturated rings. The average molecular weight is 269 g/mol. The number of halogens is 1. The SMILES string of the molecule is N#Cc1ccc(COc2cccc(C=NN)c2)c(F)c1. The minimum Gasteiger partial charge on any atom is -0.489 e. The van der Waals surface area contributed by atoms with Crippen molar-refractivity contribution in [1.29, 1.82) is 5.26 Å². The van der Waals surface area contributed by atoms with Crippen LogP contribution in [0.4, 0.5) is 4.39 Å². The number of hydrazone groups is 1. The summed E-state index contributed by atoms with van der Waals surface area (Å²) >= 11 is 0. The lowest BCUT2D eigenvalue weighted by Crippen LogP contribution is -1.99. The molecule has 0 saturated carbocycles. The molecule has 2 N–H and O–H groups in total. The summed E-state index contributed by atoms with van der Waals surface area (Å²) in [6.45, 7) is 0.0841. The van der Waals surface area contributed by atoms with Crippen LogP contribution in [-0.4, -0.2) is 6.21 Å². The van der Waals surface area contributed by atoms with Gasteiger partial charge >= 0.3 is 0 Å². The molecule has 0 aromatic heterocycles. The molecule has 100 valence electrons. The van der Waals surface area contributed by atoms with E-state index in [1.165, 1.54) is 12.3 Å². The van der Waals surface area contributed by atoms with Crippen LogP contribution >= 0.6 is 0 Å². The highest BCUT2D eigenvalue weighted by Crippen LogP contribution is 2.16. The van der Waals surface area contributed by atoms with Crippen molar-refractivity contribution in [2.24, 2.45) is 10.9 Å². The fourth-order valence-corrected chi connectivity index (χ4v) is 1.67. The van der Waals surface area contributed by atoms with Gasteiger partial charge < -0.3 is 10.6 Å². The molecule has 0 radical (unpaired) electrons. The third kappa shape index (κ3) is 3.33. The van der Waals surface area contributed by atoms with E-state index in [1.54, 1.807) is 30.3 Å². The fraction of sp³-hybridized carbons (Fsp3) is 0.0667. The molecule has 0 heterocycles. The second-order valence-corrected chi connectivity index (χ2v) is 4.06. The average Bonchev–Trinajstić information content (AvgIpc) is 2.46. The van der Waals surface area contributed by atoms with Crippen LogP contribution in [0.3, 0.4) is 0 Å². The quantitative estimate of drug-likeness (QED) is 0.526. The second kappa shape index (κ2) is 6.34. The van der Waals surface area contributed by atoms with Crippen molar-refractivity contribution >= 4 is 6.21 Å². The molecule has 4 nitrogen and oxygen atoms in total. The van der Waals surface area contributed by atoms with E-state index in [-0.39, 0.29) is 12.2 Å². The van der Waals surface area contributed by atoms with E-state index < -0.39 is 5.82 Å². The van der Waals surface area contributed by atoms with Gasteiger partial charge in [0, 0.05) is 5.56 Å². The standard InChI is InChI=1S/C15H12FN3O/c16-15-7-11(8-17)4-5-13(15)10-20-14-3-1-2-12(6-14)9-19-18/h1-7,9H,10,18H2. The third-order valence-electron chi connectivity index (χ3n) is 2.66. The lowest BCUT2D eigenvalue weighted by atomic mass is 10.1. The number of ether oxygens (including phenoxy) is 1. The third-order valence-corrected chi connectivity index (χ3v) is 2.66. The zero-order chi connectivity index (χ0) is 14.4. The molecule has 2 aromatic carbocycles. The Morgan fingerprint density at radius 1 is 1.30 bits per heavy atom. The van der Waals surface area contributed by atoms with Crippen LogP contribution in [0.5, 0.6) is 5.75 Å². The molecule has 2 aromatic rings. The first-order valence-electron chi connectivity index (χ1n) is 5.87. The summed E-state index contributed by atoms with van der Waals surface area (Å²) in [5.74, 6) is 5.21. The van der Waals surface area contributed by atoms with Gasteiger partial charge in [-0.25, -0.2) is 4.39 Å². The summed E-state index contributed by atoms with van der Waals surface area (Å²) in [6, 6.07) is 13.3. The van der Waals surface area contributed by atoms with Gasteiger partial charge in [-0.15, -0.1) is 0 Å². The highest BCUT2D eigenvalue weighted by atomic mass is 19.1. The smallest absolute Gasteiger partial charge is 0.131 e. The lowest BCUT2D eigenvalue weighted by molar-refractivity contribution is 0.300. The first kappa shape index (κ1) is 13.6.